The fraction of sp³-hybridized carbons (Fsp3) is 0.263. The second kappa shape index (κ2) is 6.66. The first-order valence-electron chi connectivity index (χ1n) is 9.19. The minimum Gasteiger partial charge on any atom is -0.494 e. The van der Waals surface area contributed by atoms with Crippen LogP contribution in [0.5, 0.6) is 5.75 Å². The molecule has 0 atom stereocenters. The fourth-order valence-corrected chi connectivity index (χ4v) is 3.16. The molecule has 146 valence electrons. The van der Waals surface area contributed by atoms with Crippen molar-refractivity contribution in [2.75, 3.05) is 12.4 Å². The van der Waals surface area contributed by atoms with Gasteiger partial charge in [-0.05, 0) is 25.0 Å². The van der Waals surface area contributed by atoms with Crippen molar-refractivity contribution in [3.05, 3.63) is 36.9 Å². The minimum atomic E-state index is -0.0452. The molecule has 4 aromatic rings. The Morgan fingerprint density at radius 3 is 2.83 bits per heavy atom. The predicted molar refractivity (Wildman–Crippen MR) is 105 cm³/mol. The van der Waals surface area contributed by atoms with Gasteiger partial charge in [-0.1, -0.05) is 6.07 Å². The molecule has 1 aliphatic carbocycles. The van der Waals surface area contributed by atoms with E-state index in [1.807, 2.05) is 25.2 Å². The molecule has 1 saturated carbocycles. The lowest BCUT2D eigenvalue weighted by molar-refractivity contribution is -0.117. The highest BCUT2D eigenvalue weighted by molar-refractivity contribution is 5.93. The number of hydrogen-bond donors (Lipinski definition) is 1. The molecule has 1 aromatic carbocycles. The first-order chi connectivity index (χ1) is 14.1. The Bertz CT molecular complexity index is 1220. The third-order valence-corrected chi connectivity index (χ3v) is 4.76. The van der Waals surface area contributed by atoms with Crippen LogP contribution in [0.15, 0.2) is 36.9 Å². The maximum atomic E-state index is 12.1. The van der Waals surface area contributed by atoms with E-state index >= 15 is 0 Å². The van der Waals surface area contributed by atoms with Crippen LogP contribution in [0.4, 0.5) is 5.95 Å². The van der Waals surface area contributed by atoms with Crippen molar-refractivity contribution < 1.29 is 9.53 Å². The molecule has 1 N–H and O–H groups in total. The second-order valence-electron chi connectivity index (χ2n) is 6.89. The molecule has 0 radical (unpaired) electrons. The molecular weight excluding hydrogens is 372 g/mol. The van der Waals surface area contributed by atoms with Crippen LogP contribution < -0.4 is 10.1 Å². The number of aromatic nitrogens is 7. The number of ether oxygens (including phenoxy) is 1. The van der Waals surface area contributed by atoms with E-state index in [2.05, 4.69) is 30.5 Å². The molecule has 0 saturated heterocycles. The SMILES string of the molecule is COc1c(-c2ncn(C)n2)cccc1-n1ncc2cnc(NC(=O)C3CC3)nc21. The molecule has 1 aliphatic rings. The second-order valence-corrected chi connectivity index (χ2v) is 6.89. The zero-order valence-electron chi connectivity index (χ0n) is 15.9. The summed E-state index contributed by atoms with van der Waals surface area (Å²) >= 11 is 0. The Labute approximate surface area is 165 Å². The van der Waals surface area contributed by atoms with Crippen LogP contribution in [0, 0.1) is 5.92 Å². The average molecular weight is 390 g/mol. The smallest absolute Gasteiger partial charge is 0.231 e. The molecule has 0 spiro atoms. The van der Waals surface area contributed by atoms with Gasteiger partial charge in [0.2, 0.25) is 11.9 Å². The number of fused-ring (bicyclic) bond motifs is 1. The van der Waals surface area contributed by atoms with Crippen LogP contribution in [0.3, 0.4) is 0 Å². The highest BCUT2D eigenvalue weighted by atomic mass is 16.5. The number of aryl methyl sites for hydroxylation is 1. The lowest BCUT2D eigenvalue weighted by atomic mass is 10.1. The van der Waals surface area contributed by atoms with Crippen LogP contribution in [-0.4, -0.2) is 47.5 Å². The maximum Gasteiger partial charge on any atom is 0.231 e. The summed E-state index contributed by atoms with van der Waals surface area (Å²) in [7, 11) is 3.40. The lowest BCUT2D eigenvalue weighted by Gasteiger charge is -2.12. The molecule has 0 bridgehead atoms. The van der Waals surface area contributed by atoms with Crippen molar-refractivity contribution in [2.45, 2.75) is 12.8 Å². The maximum absolute atomic E-state index is 12.1. The standard InChI is InChI=1S/C19H18N8O2/c1-26-10-21-16(25-26)13-4-3-5-14(15(13)29-2)27-17-12(9-22-27)8-20-19(23-17)24-18(28)11-6-7-11/h3-5,8-11H,6-7H2,1-2H3,(H,20,23,24,28). The van der Waals surface area contributed by atoms with Gasteiger partial charge < -0.3 is 4.74 Å². The highest BCUT2D eigenvalue weighted by Crippen LogP contribution is 2.34. The van der Waals surface area contributed by atoms with E-state index < -0.39 is 0 Å². The number of benzene rings is 1. The molecule has 3 heterocycles. The summed E-state index contributed by atoms with van der Waals surface area (Å²) in [5.74, 6) is 1.41. The summed E-state index contributed by atoms with van der Waals surface area (Å²) < 4.78 is 8.98. The minimum absolute atomic E-state index is 0.0452. The van der Waals surface area contributed by atoms with Gasteiger partial charge in [0.25, 0.3) is 0 Å². The highest BCUT2D eigenvalue weighted by Gasteiger charge is 2.30. The zero-order chi connectivity index (χ0) is 20.0. The number of nitrogens with one attached hydrogen (secondary N) is 1. The summed E-state index contributed by atoms with van der Waals surface area (Å²) in [5, 5.41) is 12.3. The Kier molecular flexibility index (Phi) is 3.97. The van der Waals surface area contributed by atoms with Crippen molar-refractivity contribution in [3.63, 3.8) is 0 Å². The molecule has 3 aromatic heterocycles. The lowest BCUT2D eigenvalue weighted by Crippen LogP contribution is -2.15. The normalized spacial score (nSPS) is 13.6. The number of anilines is 1. The first-order valence-corrected chi connectivity index (χ1v) is 9.19. The van der Waals surface area contributed by atoms with E-state index in [1.165, 1.54) is 0 Å². The molecule has 1 fully saturated rings. The van der Waals surface area contributed by atoms with Gasteiger partial charge in [0.15, 0.2) is 17.2 Å². The molecular formula is C19H18N8O2. The summed E-state index contributed by atoms with van der Waals surface area (Å²) in [4.78, 5) is 25.1. The number of methoxy groups -OCH3 is 1. The Morgan fingerprint density at radius 1 is 1.24 bits per heavy atom. The number of hydrogen-bond acceptors (Lipinski definition) is 7. The monoisotopic (exact) mass is 390 g/mol. The molecule has 1 amide bonds. The van der Waals surface area contributed by atoms with Gasteiger partial charge in [0.1, 0.15) is 12.0 Å². The fourth-order valence-electron chi connectivity index (χ4n) is 3.16. The van der Waals surface area contributed by atoms with E-state index in [-0.39, 0.29) is 17.8 Å². The third kappa shape index (κ3) is 3.08. The van der Waals surface area contributed by atoms with E-state index in [9.17, 15) is 4.79 Å². The Morgan fingerprint density at radius 2 is 2.10 bits per heavy atom. The van der Waals surface area contributed by atoms with Gasteiger partial charge in [-0.3, -0.25) is 14.8 Å². The number of amides is 1. The van der Waals surface area contributed by atoms with Gasteiger partial charge in [-0.15, -0.1) is 0 Å². The zero-order valence-corrected chi connectivity index (χ0v) is 15.9. The molecule has 0 unspecified atom stereocenters. The van der Waals surface area contributed by atoms with Crippen LogP contribution in [-0.2, 0) is 11.8 Å². The van der Waals surface area contributed by atoms with Crippen molar-refractivity contribution in [1.82, 2.24) is 34.5 Å². The van der Waals surface area contributed by atoms with E-state index in [4.69, 9.17) is 4.74 Å². The quantitative estimate of drug-likeness (QED) is 0.554. The van der Waals surface area contributed by atoms with Crippen molar-refractivity contribution >= 4 is 22.9 Å². The van der Waals surface area contributed by atoms with Crippen LogP contribution in [0.25, 0.3) is 28.1 Å². The van der Waals surface area contributed by atoms with E-state index in [0.717, 1.165) is 23.8 Å². The number of nitrogens with zero attached hydrogens (tertiary/aromatic N) is 7. The average Bonchev–Trinajstić information content (AvgIpc) is 3.37. The van der Waals surface area contributed by atoms with Gasteiger partial charge in [-0.25, -0.2) is 14.6 Å². The summed E-state index contributed by atoms with van der Waals surface area (Å²) in [6.45, 7) is 0. The van der Waals surface area contributed by atoms with Crippen LogP contribution >= 0.6 is 0 Å². The number of para-hydroxylation sites is 1. The number of rotatable bonds is 5. The molecule has 10 nitrogen and oxygen atoms in total. The van der Waals surface area contributed by atoms with E-state index in [1.54, 1.807) is 35.2 Å². The molecule has 29 heavy (non-hydrogen) atoms. The first kappa shape index (κ1) is 17.3. The van der Waals surface area contributed by atoms with Crippen molar-refractivity contribution in [1.29, 1.82) is 0 Å². The third-order valence-electron chi connectivity index (χ3n) is 4.76. The van der Waals surface area contributed by atoms with Gasteiger partial charge >= 0.3 is 0 Å². The Hall–Kier alpha value is -3.82. The van der Waals surface area contributed by atoms with Crippen LogP contribution in [0.2, 0.25) is 0 Å². The van der Waals surface area contributed by atoms with E-state index in [0.29, 0.717) is 22.9 Å². The van der Waals surface area contributed by atoms with Crippen molar-refractivity contribution in [3.8, 4) is 22.8 Å². The predicted octanol–water partition coefficient (Wildman–Crippen LogP) is 1.97. The van der Waals surface area contributed by atoms with Gasteiger partial charge in [-0.2, -0.15) is 15.2 Å². The molecule has 0 aliphatic heterocycles. The van der Waals surface area contributed by atoms with Crippen LogP contribution in [0.1, 0.15) is 12.8 Å². The summed E-state index contributed by atoms with van der Waals surface area (Å²) in [5.41, 5.74) is 1.99. The summed E-state index contributed by atoms with van der Waals surface area (Å²) in [6.07, 6.45) is 6.78. The number of carbonyl (C=O) groups excluding carboxylic acids is 1. The summed E-state index contributed by atoms with van der Waals surface area (Å²) in [6, 6.07) is 5.65. The van der Waals surface area contributed by atoms with Gasteiger partial charge in [0.05, 0.1) is 24.3 Å². The Balaban J connectivity index is 1.60. The van der Waals surface area contributed by atoms with Crippen molar-refractivity contribution in [2.24, 2.45) is 13.0 Å². The number of carbonyl (C=O) groups is 1. The molecule has 5 rings (SSSR count). The van der Waals surface area contributed by atoms with Gasteiger partial charge in [0, 0.05) is 19.2 Å². The topological polar surface area (TPSA) is 113 Å². The largest absolute Gasteiger partial charge is 0.494 e. The molecule has 10 heteroatoms.